The number of nitro groups is 1. The summed E-state index contributed by atoms with van der Waals surface area (Å²) in [5.74, 6) is 0. The number of nitrogens with zero attached hydrogens (tertiary/aromatic N) is 2. The van der Waals surface area contributed by atoms with Crippen LogP contribution in [0, 0.1) is 10.1 Å². The minimum Gasteiger partial charge on any atom is -0.311 e. The summed E-state index contributed by atoms with van der Waals surface area (Å²) in [6.45, 7) is 0. The Balaban J connectivity index is 2.33. The maximum atomic E-state index is 11.1. The third kappa shape index (κ3) is 2.02. The van der Waals surface area contributed by atoms with Crippen LogP contribution in [0.2, 0.25) is 0 Å². The van der Waals surface area contributed by atoms with Gasteiger partial charge in [0.25, 0.3) is 5.69 Å². The Labute approximate surface area is 117 Å². The number of nitro benzene ring substituents is 1. The summed E-state index contributed by atoms with van der Waals surface area (Å²) in [7, 11) is 0. The molecule has 3 aromatic rings. The van der Waals surface area contributed by atoms with Crippen LogP contribution in [0.15, 0.2) is 59.2 Å². The van der Waals surface area contributed by atoms with Crippen LogP contribution in [0.4, 0.5) is 5.69 Å². The molecule has 0 atom stereocenters. The highest BCUT2D eigenvalue weighted by atomic mass is 79.9. The second kappa shape index (κ2) is 4.51. The molecule has 0 bridgehead atoms. The van der Waals surface area contributed by atoms with Crippen LogP contribution in [0.1, 0.15) is 0 Å². The molecule has 0 saturated heterocycles. The summed E-state index contributed by atoms with van der Waals surface area (Å²) in [5.41, 5.74) is 1.62. The summed E-state index contributed by atoms with van der Waals surface area (Å²) in [6.07, 6.45) is 1.85. The molecule has 0 aliphatic heterocycles. The van der Waals surface area contributed by atoms with Gasteiger partial charge in [0.1, 0.15) is 5.52 Å². The zero-order valence-corrected chi connectivity index (χ0v) is 11.4. The molecule has 0 radical (unpaired) electrons. The topological polar surface area (TPSA) is 48.1 Å². The van der Waals surface area contributed by atoms with E-state index < -0.39 is 0 Å². The molecule has 2 aromatic carbocycles. The molecule has 1 heterocycles. The Kier molecular flexibility index (Phi) is 2.83. The molecule has 0 aliphatic carbocycles. The van der Waals surface area contributed by atoms with Crippen LogP contribution < -0.4 is 0 Å². The molecule has 94 valence electrons. The van der Waals surface area contributed by atoms with Gasteiger partial charge in [0.05, 0.1) is 4.92 Å². The number of para-hydroxylation sites is 1. The summed E-state index contributed by atoms with van der Waals surface area (Å²) in [4.78, 5) is 10.8. The summed E-state index contributed by atoms with van der Waals surface area (Å²) < 4.78 is 2.77. The van der Waals surface area contributed by atoms with E-state index in [2.05, 4.69) is 15.9 Å². The quantitative estimate of drug-likeness (QED) is 0.522. The van der Waals surface area contributed by atoms with Gasteiger partial charge in [0.2, 0.25) is 0 Å². The molecule has 0 N–H and O–H groups in total. The molecule has 0 unspecified atom stereocenters. The van der Waals surface area contributed by atoms with Gasteiger partial charge in [-0.05, 0) is 24.3 Å². The molecule has 0 spiro atoms. The van der Waals surface area contributed by atoms with Crippen LogP contribution in [0.3, 0.4) is 0 Å². The molecule has 0 saturated carbocycles. The fourth-order valence-electron chi connectivity index (χ4n) is 2.16. The molecule has 0 fully saturated rings. The number of fused-ring (bicyclic) bond motifs is 1. The Morgan fingerprint density at radius 2 is 1.89 bits per heavy atom. The first kappa shape index (κ1) is 11.9. The van der Waals surface area contributed by atoms with Crippen LogP contribution in [0.25, 0.3) is 16.6 Å². The van der Waals surface area contributed by atoms with Crippen LogP contribution in [-0.2, 0) is 0 Å². The van der Waals surface area contributed by atoms with E-state index in [4.69, 9.17) is 0 Å². The molecule has 19 heavy (non-hydrogen) atoms. The molecular formula is C14H9BrN2O2. The highest BCUT2D eigenvalue weighted by Crippen LogP contribution is 2.29. The van der Waals surface area contributed by atoms with Crippen LogP contribution in [0.5, 0.6) is 0 Å². The molecular weight excluding hydrogens is 308 g/mol. The van der Waals surface area contributed by atoms with Gasteiger partial charge >= 0.3 is 0 Å². The van der Waals surface area contributed by atoms with E-state index in [0.29, 0.717) is 5.52 Å². The van der Waals surface area contributed by atoms with E-state index >= 15 is 0 Å². The average molecular weight is 317 g/mol. The highest BCUT2D eigenvalue weighted by molar-refractivity contribution is 9.10. The second-order valence-corrected chi connectivity index (χ2v) is 5.05. The Morgan fingerprint density at radius 3 is 2.63 bits per heavy atom. The van der Waals surface area contributed by atoms with Crippen LogP contribution in [-0.4, -0.2) is 9.49 Å². The minimum absolute atomic E-state index is 0.113. The Hall–Kier alpha value is -2.14. The number of hydrogen-bond donors (Lipinski definition) is 0. The van der Waals surface area contributed by atoms with Gasteiger partial charge in [-0.3, -0.25) is 10.1 Å². The zero-order chi connectivity index (χ0) is 13.4. The minimum atomic E-state index is -0.350. The zero-order valence-electron chi connectivity index (χ0n) is 9.79. The first-order valence-corrected chi connectivity index (χ1v) is 6.46. The highest BCUT2D eigenvalue weighted by Gasteiger charge is 2.16. The molecule has 4 nitrogen and oxygen atoms in total. The van der Waals surface area contributed by atoms with Crippen molar-refractivity contribution < 1.29 is 4.92 Å². The number of benzene rings is 2. The monoisotopic (exact) mass is 316 g/mol. The first-order valence-electron chi connectivity index (χ1n) is 5.67. The normalized spacial score (nSPS) is 10.8. The molecule has 5 heteroatoms. The van der Waals surface area contributed by atoms with Gasteiger partial charge in [-0.1, -0.05) is 34.1 Å². The second-order valence-electron chi connectivity index (χ2n) is 4.14. The summed E-state index contributed by atoms with van der Waals surface area (Å²) in [6, 6.07) is 14.6. The largest absolute Gasteiger partial charge is 0.311 e. The van der Waals surface area contributed by atoms with E-state index in [1.54, 1.807) is 6.07 Å². The smallest absolute Gasteiger partial charge is 0.293 e. The standard InChI is InChI=1S/C14H9BrN2O2/c15-11-4-2-5-12(9-11)16-8-7-10-3-1-6-13(14(10)16)17(18)19/h1-9H. The number of halogens is 1. The van der Waals surface area contributed by atoms with Crippen molar-refractivity contribution in [2.45, 2.75) is 0 Å². The van der Waals surface area contributed by atoms with Crippen molar-refractivity contribution in [3.8, 4) is 5.69 Å². The Morgan fingerprint density at radius 1 is 1.11 bits per heavy atom. The fraction of sp³-hybridized carbons (Fsp3) is 0. The predicted octanol–water partition coefficient (Wildman–Crippen LogP) is 4.30. The van der Waals surface area contributed by atoms with Crippen molar-refractivity contribution in [2.24, 2.45) is 0 Å². The average Bonchev–Trinajstić information content (AvgIpc) is 2.82. The maximum Gasteiger partial charge on any atom is 0.293 e. The SMILES string of the molecule is O=[N+]([O-])c1cccc2ccn(-c3cccc(Br)c3)c12. The number of non-ortho nitro benzene ring substituents is 1. The van der Waals surface area contributed by atoms with Gasteiger partial charge in [0, 0.05) is 27.8 Å². The third-order valence-corrected chi connectivity index (χ3v) is 3.47. The van der Waals surface area contributed by atoms with E-state index in [1.165, 1.54) is 6.07 Å². The lowest BCUT2D eigenvalue weighted by molar-refractivity contribution is -0.383. The first-order chi connectivity index (χ1) is 9.16. The van der Waals surface area contributed by atoms with Crippen molar-refractivity contribution in [1.29, 1.82) is 0 Å². The predicted molar refractivity (Wildman–Crippen MR) is 77.6 cm³/mol. The van der Waals surface area contributed by atoms with E-state index in [0.717, 1.165) is 15.5 Å². The fourth-order valence-corrected chi connectivity index (χ4v) is 2.55. The molecule has 0 aliphatic rings. The lowest BCUT2D eigenvalue weighted by Crippen LogP contribution is -1.96. The molecule has 3 rings (SSSR count). The van der Waals surface area contributed by atoms with Crippen molar-refractivity contribution in [3.05, 3.63) is 69.3 Å². The number of hydrogen-bond acceptors (Lipinski definition) is 2. The number of aromatic nitrogens is 1. The van der Waals surface area contributed by atoms with Gasteiger partial charge in [0.15, 0.2) is 0 Å². The van der Waals surface area contributed by atoms with E-state index in [9.17, 15) is 10.1 Å². The van der Waals surface area contributed by atoms with Gasteiger partial charge in [-0.15, -0.1) is 0 Å². The van der Waals surface area contributed by atoms with Crippen molar-refractivity contribution in [3.63, 3.8) is 0 Å². The lowest BCUT2D eigenvalue weighted by Gasteiger charge is -2.06. The summed E-state index contributed by atoms with van der Waals surface area (Å²) in [5, 5.41) is 12.0. The molecule has 0 amide bonds. The van der Waals surface area contributed by atoms with Crippen molar-refractivity contribution in [2.75, 3.05) is 0 Å². The van der Waals surface area contributed by atoms with Gasteiger partial charge in [-0.2, -0.15) is 0 Å². The molecule has 1 aromatic heterocycles. The van der Waals surface area contributed by atoms with Crippen molar-refractivity contribution >= 4 is 32.5 Å². The maximum absolute atomic E-state index is 11.1. The van der Waals surface area contributed by atoms with Crippen LogP contribution >= 0.6 is 15.9 Å². The van der Waals surface area contributed by atoms with Gasteiger partial charge in [-0.25, -0.2) is 0 Å². The van der Waals surface area contributed by atoms with Crippen molar-refractivity contribution in [1.82, 2.24) is 4.57 Å². The summed E-state index contributed by atoms with van der Waals surface area (Å²) >= 11 is 3.41. The Bertz CT molecular complexity index is 780. The van der Waals surface area contributed by atoms with E-state index in [-0.39, 0.29) is 10.6 Å². The van der Waals surface area contributed by atoms with E-state index in [1.807, 2.05) is 47.2 Å². The number of rotatable bonds is 2. The van der Waals surface area contributed by atoms with Gasteiger partial charge < -0.3 is 4.57 Å². The lowest BCUT2D eigenvalue weighted by atomic mass is 10.2. The third-order valence-electron chi connectivity index (χ3n) is 2.97.